The van der Waals surface area contributed by atoms with E-state index in [4.69, 9.17) is 0 Å². The number of nitrogens with zero attached hydrogens (tertiary/aromatic N) is 4. The highest BCUT2D eigenvalue weighted by Gasteiger charge is 2.02. The molecule has 2 rings (SSSR count). The number of rotatable bonds is 4. The van der Waals surface area contributed by atoms with Gasteiger partial charge in [0.05, 0.1) is 18.1 Å². The summed E-state index contributed by atoms with van der Waals surface area (Å²) in [6, 6.07) is 0. The van der Waals surface area contributed by atoms with Crippen LogP contribution in [-0.4, -0.2) is 26.1 Å². The molecule has 0 aliphatic rings. The van der Waals surface area contributed by atoms with Crippen LogP contribution >= 0.6 is 0 Å². The molecule has 2 aromatic rings. The fourth-order valence-electron chi connectivity index (χ4n) is 1.44. The zero-order chi connectivity index (χ0) is 11.4. The summed E-state index contributed by atoms with van der Waals surface area (Å²) in [5.74, 6) is 1.71. The molecule has 0 aliphatic heterocycles. The van der Waals surface area contributed by atoms with E-state index in [2.05, 4.69) is 27.2 Å². The quantitative estimate of drug-likeness (QED) is 0.832. The van der Waals surface area contributed by atoms with Crippen LogP contribution in [0, 0.1) is 6.92 Å². The van der Waals surface area contributed by atoms with Gasteiger partial charge in [-0.2, -0.15) is 0 Å². The average Bonchev–Trinajstić information content (AvgIpc) is 2.74. The average molecular weight is 217 g/mol. The van der Waals surface area contributed by atoms with Crippen LogP contribution in [0.4, 0.5) is 0 Å². The zero-order valence-corrected chi connectivity index (χ0v) is 9.51. The molecule has 0 aromatic carbocycles. The van der Waals surface area contributed by atoms with E-state index in [9.17, 15) is 0 Å². The van der Waals surface area contributed by atoms with Crippen molar-refractivity contribution < 1.29 is 0 Å². The maximum absolute atomic E-state index is 4.36. The van der Waals surface area contributed by atoms with Crippen molar-refractivity contribution in [3.8, 4) is 5.82 Å². The van der Waals surface area contributed by atoms with E-state index in [1.54, 1.807) is 18.6 Å². The molecule has 2 aromatic heterocycles. The normalized spacial score (nSPS) is 10.6. The Labute approximate surface area is 94.6 Å². The van der Waals surface area contributed by atoms with Gasteiger partial charge in [0.1, 0.15) is 5.82 Å². The minimum absolute atomic E-state index is 0.757. The van der Waals surface area contributed by atoms with E-state index in [0.29, 0.717) is 0 Å². The fourth-order valence-corrected chi connectivity index (χ4v) is 1.44. The van der Waals surface area contributed by atoms with Gasteiger partial charge in [-0.05, 0) is 13.5 Å². The highest BCUT2D eigenvalue weighted by atomic mass is 15.1. The first-order chi connectivity index (χ1) is 7.81. The van der Waals surface area contributed by atoms with Crippen LogP contribution in [-0.2, 0) is 6.54 Å². The molecular formula is C11H15N5. The van der Waals surface area contributed by atoms with Gasteiger partial charge < -0.3 is 5.32 Å². The van der Waals surface area contributed by atoms with Gasteiger partial charge in [-0.25, -0.2) is 9.97 Å². The summed E-state index contributed by atoms with van der Waals surface area (Å²) in [5, 5.41) is 3.21. The van der Waals surface area contributed by atoms with Crippen LogP contribution in [0.25, 0.3) is 5.82 Å². The third kappa shape index (κ3) is 2.25. The standard InChI is InChI=1S/C11H15N5/c1-3-12-6-10-7-15-11(8-14-10)16-5-4-13-9(16)2/h4-5,7-8,12H,3,6H2,1-2H3. The molecule has 0 aliphatic carbocycles. The van der Waals surface area contributed by atoms with Crippen molar-refractivity contribution >= 4 is 0 Å². The van der Waals surface area contributed by atoms with Gasteiger partial charge in [0.15, 0.2) is 5.82 Å². The van der Waals surface area contributed by atoms with E-state index in [0.717, 1.165) is 30.4 Å². The number of hydrogen-bond acceptors (Lipinski definition) is 4. The predicted octanol–water partition coefficient (Wildman–Crippen LogP) is 1.08. The number of hydrogen-bond donors (Lipinski definition) is 1. The highest BCUT2D eigenvalue weighted by molar-refractivity contribution is 5.21. The zero-order valence-electron chi connectivity index (χ0n) is 9.51. The third-order valence-electron chi connectivity index (χ3n) is 2.32. The summed E-state index contributed by atoms with van der Waals surface area (Å²) in [6.45, 7) is 5.70. The largest absolute Gasteiger partial charge is 0.311 e. The van der Waals surface area contributed by atoms with Crippen molar-refractivity contribution in [2.45, 2.75) is 20.4 Å². The molecule has 0 saturated heterocycles. The highest BCUT2D eigenvalue weighted by Crippen LogP contribution is 2.05. The lowest BCUT2D eigenvalue weighted by Crippen LogP contribution is -2.13. The van der Waals surface area contributed by atoms with Crippen molar-refractivity contribution in [1.29, 1.82) is 0 Å². The first-order valence-corrected chi connectivity index (χ1v) is 5.33. The van der Waals surface area contributed by atoms with Crippen LogP contribution in [0.3, 0.4) is 0 Å². The molecule has 0 spiro atoms. The molecule has 0 atom stereocenters. The monoisotopic (exact) mass is 217 g/mol. The van der Waals surface area contributed by atoms with Crippen molar-refractivity contribution in [3.05, 3.63) is 36.3 Å². The van der Waals surface area contributed by atoms with Crippen LogP contribution < -0.4 is 5.32 Å². The minimum atomic E-state index is 0.757. The summed E-state index contributed by atoms with van der Waals surface area (Å²) in [5.41, 5.74) is 0.948. The molecule has 0 amide bonds. The van der Waals surface area contributed by atoms with Gasteiger partial charge >= 0.3 is 0 Å². The minimum Gasteiger partial charge on any atom is -0.311 e. The fraction of sp³-hybridized carbons (Fsp3) is 0.364. The van der Waals surface area contributed by atoms with Gasteiger partial charge in [0, 0.05) is 18.9 Å². The first-order valence-electron chi connectivity index (χ1n) is 5.33. The lowest BCUT2D eigenvalue weighted by Gasteiger charge is -2.05. The summed E-state index contributed by atoms with van der Waals surface area (Å²) >= 11 is 0. The molecular weight excluding hydrogens is 202 g/mol. The lowest BCUT2D eigenvalue weighted by molar-refractivity contribution is 0.705. The number of aromatic nitrogens is 4. The van der Waals surface area contributed by atoms with Crippen LogP contribution in [0.1, 0.15) is 18.4 Å². The Morgan fingerprint density at radius 1 is 1.25 bits per heavy atom. The second-order valence-electron chi connectivity index (χ2n) is 3.49. The summed E-state index contributed by atoms with van der Waals surface area (Å²) in [6.07, 6.45) is 7.19. The number of aryl methyl sites for hydroxylation is 1. The van der Waals surface area contributed by atoms with Crippen molar-refractivity contribution in [1.82, 2.24) is 24.8 Å². The molecule has 16 heavy (non-hydrogen) atoms. The van der Waals surface area contributed by atoms with E-state index in [1.807, 2.05) is 17.7 Å². The molecule has 0 saturated carbocycles. The molecule has 1 N–H and O–H groups in total. The number of imidazole rings is 1. The third-order valence-corrected chi connectivity index (χ3v) is 2.32. The Morgan fingerprint density at radius 3 is 2.69 bits per heavy atom. The maximum Gasteiger partial charge on any atom is 0.156 e. The summed E-state index contributed by atoms with van der Waals surface area (Å²) < 4.78 is 1.91. The van der Waals surface area contributed by atoms with Gasteiger partial charge in [-0.3, -0.25) is 9.55 Å². The van der Waals surface area contributed by atoms with Gasteiger partial charge in [0.2, 0.25) is 0 Å². The van der Waals surface area contributed by atoms with Gasteiger partial charge in [-0.1, -0.05) is 6.92 Å². The maximum atomic E-state index is 4.36. The van der Waals surface area contributed by atoms with Gasteiger partial charge in [-0.15, -0.1) is 0 Å². The lowest BCUT2D eigenvalue weighted by atomic mass is 10.4. The number of nitrogens with one attached hydrogen (secondary N) is 1. The molecule has 0 fully saturated rings. The van der Waals surface area contributed by atoms with Crippen LogP contribution in [0.2, 0.25) is 0 Å². The Bertz CT molecular complexity index is 446. The predicted molar refractivity (Wildman–Crippen MR) is 61.3 cm³/mol. The molecule has 84 valence electrons. The molecule has 0 radical (unpaired) electrons. The molecule has 0 bridgehead atoms. The molecule has 0 unspecified atom stereocenters. The van der Waals surface area contributed by atoms with E-state index in [-0.39, 0.29) is 0 Å². The van der Waals surface area contributed by atoms with E-state index >= 15 is 0 Å². The van der Waals surface area contributed by atoms with E-state index < -0.39 is 0 Å². The summed E-state index contributed by atoms with van der Waals surface area (Å²) in [7, 11) is 0. The Morgan fingerprint density at radius 2 is 2.12 bits per heavy atom. The molecule has 2 heterocycles. The Hall–Kier alpha value is -1.75. The Balaban J connectivity index is 2.16. The van der Waals surface area contributed by atoms with Crippen LogP contribution in [0.15, 0.2) is 24.8 Å². The molecule has 5 nitrogen and oxygen atoms in total. The van der Waals surface area contributed by atoms with Crippen LogP contribution in [0.5, 0.6) is 0 Å². The topological polar surface area (TPSA) is 55.6 Å². The first kappa shape index (κ1) is 10.8. The smallest absolute Gasteiger partial charge is 0.156 e. The second-order valence-corrected chi connectivity index (χ2v) is 3.49. The molecule has 5 heteroatoms. The Kier molecular flexibility index (Phi) is 3.26. The summed E-state index contributed by atoms with van der Waals surface area (Å²) in [4.78, 5) is 12.8. The van der Waals surface area contributed by atoms with Crippen molar-refractivity contribution in [3.63, 3.8) is 0 Å². The van der Waals surface area contributed by atoms with Crippen molar-refractivity contribution in [2.24, 2.45) is 0 Å². The second kappa shape index (κ2) is 4.85. The van der Waals surface area contributed by atoms with Gasteiger partial charge in [0.25, 0.3) is 0 Å². The van der Waals surface area contributed by atoms with Crippen molar-refractivity contribution in [2.75, 3.05) is 6.54 Å². The SMILES string of the molecule is CCNCc1cnc(-n2ccnc2C)cn1. The van der Waals surface area contributed by atoms with E-state index in [1.165, 1.54) is 0 Å².